The second kappa shape index (κ2) is 13.1. The number of fused-ring (bicyclic) bond motifs is 1. The summed E-state index contributed by atoms with van der Waals surface area (Å²) in [6.07, 6.45) is 9.35. The Morgan fingerprint density at radius 3 is 2.18 bits per heavy atom. The lowest BCUT2D eigenvalue weighted by molar-refractivity contribution is -0.127. The monoisotopic (exact) mass is 648 g/mol. The van der Waals surface area contributed by atoms with Gasteiger partial charge >= 0.3 is 0 Å². The van der Waals surface area contributed by atoms with E-state index in [1.54, 1.807) is 4.90 Å². The summed E-state index contributed by atoms with van der Waals surface area (Å²) in [5.41, 5.74) is 2.58. The maximum Gasteiger partial charge on any atom is 0.246 e. The molecule has 0 bridgehead atoms. The molecule has 3 aromatic rings. The predicted octanol–water partition coefficient (Wildman–Crippen LogP) is 4.17. The van der Waals surface area contributed by atoms with Crippen LogP contribution in [-0.2, 0) is 24.8 Å². The summed E-state index contributed by atoms with van der Waals surface area (Å²) in [6, 6.07) is 10.8. The van der Waals surface area contributed by atoms with E-state index in [4.69, 9.17) is 0 Å². The molecule has 2 aliphatic heterocycles. The molecule has 2 saturated heterocycles. The summed E-state index contributed by atoms with van der Waals surface area (Å²) in [7, 11) is -8.08. The lowest BCUT2D eigenvalue weighted by Crippen LogP contribution is -2.54. The number of likely N-dealkylation sites (tertiary alicyclic amines) is 2. The minimum absolute atomic E-state index is 0.0454. The van der Waals surface area contributed by atoms with Gasteiger partial charge in [0.15, 0.2) is 0 Å². The van der Waals surface area contributed by atoms with E-state index in [0.717, 1.165) is 49.1 Å². The lowest BCUT2D eigenvalue weighted by atomic mass is 9.84. The number of nitrogens with one attached hydrogen (secondary N) is 1. The molecule has 2 fully saturated rings. The number of hydrogen-bond acceptors (Lipinski definition) is 6. The van der Waals surface area contributed by atoms with E-state index in [-0.39, 0.29) is 30.0 Å². The lowest BCUT2D eigenvalue weighted by Gasteiger charge is -2.44. The van der Waals surface area contributed by atoms with Gasteiger partial charge in [-0.05, 0) is 86.0 Å². The van der Waals surface area contributed by atoms with Crippen molar-refractivity contribution >= 4 is 42.9 Å². The zero-order valence-electron chi connectivity index (χ0n) is 24.8. The van der Waals surface area contributed by atoms with Gasteiger partial charge in [-0.2, -0.15) is 0 Å². The summed E-state index contributed by atoms with van der Waals surface area (Å²) in [5.74, 6) is -1.48. The molecule has 0 saturated carbocycles. The largest absolute Gasteiger partial charge is 0.361 e. The third-order valence-electron chi connectivity index (χ3n) is 8.83. The zero-order chi connectivity index (χ0) is 31.6. The Kier molecular flexibility index (Phi) is 9.59. The van der Waals surface area contributed by atoms with Gasteiger partial charge in [-0.15, -0.1) is 0 Å². The van der Waals surface area contributed by atoms with Gasteiger partial charge in [0.05, 0.1) is 12.5 Å². The predicted molar refractivity (Wildman–Crippen MR) is 167 cm³/mol. The van der Waals surface area contributed by atoms with Gasteiger partial charge in [0.25, 0.3) is 0 Å². The molecule has 0 aliphatic carbocycles. The van der Waals surface area contributed by atoms with E-state index in [2.05, 4.69) is 22.1 Å². The number of halogens is 2. The molecule has 1 aromatic heterocycles. The number of carbonyl (C=O) groups is 1. The Morgan fingerprint density at radius 1 is 0.955 bits per heavy atom. The highest BCUT2D eigenvalue weighted by atomic mass is 32.3. The fourth-order valence-electron chi connectivity index (χ4n) is 6.65. The van der Waals surface area contributed by atoms with Crippen LogP contribution in [0, 0.1) is 17.6 Å². The van der Waals surface area contributed by atoms with Crippen LogP contribution in [0.15, 0.2) is 54.7 Å². The zero-order valence-corrected chi connectivity index (χ0v) is 26.5. The molecule has 13 heteroatoms. The highest BCUT2D eigenvalue weighted by Crippen LogP contribution is 2.36. The number of aromatic nitrogens is 1. The minimum atomic E-state index is -4.04. The molecular weight excluding hydrogens is 610 g/mol. The van der Waals surface area contributed by atoms with Crippen LogP contribution in [-0.4, -0.2) is 92.5 Å². The van der Waals surface area contributed by atoms with Crippen molar-refractivity contribution in [3.05, 3.63) is 77.5 Å². The molecule has 0 spiro atoms. The number of piperidine rings is 2. The molecule has 0 radical (unpaired) electrons. The van der Waals surface area contributed by atoms with E-state index in [1.807, 2.05) is 18.2 Å². The van der Waals surface area contributed by atoms with Crippen LogP contribution in [0.5, 0.6) is 0 Å². The molecule has 1 N–H and O–H groups in total. The first-order valence-electron chi connectivity index (χ1n) is 14.7. The summed E-state index contributed by atoms with van der Waals surface area (Å²) >= 11 is 0. The van der Waals surface area contributed by atoms with Crippen molar-refractivity contribution in [2.75, 3.05) is 45.2 Å². The van der Waals surface area contributed by atoms with E-state index in [1.165, 1.54) is 23.1 Å². The third-order valence-corrected chi connectivity index (χ3v) is 12.2. The summed E-state index contributed by atoms with van der Waals surface area (Å²) in [4.78, 5) is 20.1. The molecule has 238 valence electrons. The van der Waals surface area contributed by atoms with Gasteiger partial charge in [-0.3, -0.25) is 9.69 Å². The van der Waals surface area contributed by atoms with E-state index in [0.29, 0.717) is 48.6 Å². The van der Waals surface area contributed by atoms with Crippen molar-refractivity contribution in [2.45, 2.75) is 37.6 Å². The molecule has 1 amide bonds. The van der Waals surface area contributed by atoms with E-state index >= 15 is 0 Å². The van der Waals surface area contributed by atoms with Crippen molar-refractivity contribution in [1.82, 2.24) is 18.5 Å². The fraction of sp³-hybridized carbons (Fsp3) is 0.452. The molecule has 9 nitrogen and oxygen atoms in total. The van der Waals surface area contributed by atoms with Gasteiger partial charge in [0, 0.05) is 54.9 Å². The van der Waals surface area contributed by atoms with Crippen LogP contribution in [0.1, 0.15) is 42.7 Å². The average Bonchev–Trinajstić information content (AvgIpc) is 3.39. The normalized spacial score (nSPS) is 18.9. The second-order valence-corrected chi connectivity index (χ2v) is 15.9. The van der Waals surface area contributed by atoms with Crippen LogP contribution >= 0.6 is 0 Å². The second-order valence-electron chi connectivity index (χ2n) is 11.8. The summed E-state index contributed by atoms with van der Waals surface area (Å²) < 4.78 is 78.0. The topological polar surface area (TPSA) is 111 Å². The number of H-pyrrole nitrogens is 1. The van der Waals surface area contributed by atoms with Gasteiger partial charge < -0.3 is 9.88 Å². The van der Waals surface area contributed by atoms with Crippen molar-refractivity contribution in [2.24, 2.45) is 5.92 Å². The first-order valence-corrected chi connectivity index (χ1v) is 18.4. The quantitative estimate of drug-likeness (QED) is 0.349. The van der Waals surface area contributed by atoms with Gasteiger partial charge in [0.2, 0.25) is 26.0 Å². The number of hydrogen-bond donors (Lipinski definition) is 1. The van der Waals surface area contributed by atoms with E-state index in [9.17, 15) is 30.4 Å². The smallest absolute Gasteiger partial charge is 0.246 e. The molecule has 2 aromatic carbocycles. The van der Waals surface area contributed by atoms with Crippen molar-refractivity contribution in [3.8, 4) is 0 Å². The van der Waals surface area contributed by atoms with Crippen LogP contribution in [0.25, 0.3) is 17.0 Å². The Balaban J connectivity index is 1.29. The third kappa shape index (κ3) is 7.56. The van der Waals surface area contributed by atoms with Crippen molar-refractivity contribution in [1.29, 1.82) is 0 Å². The maximum atomic E-state index is 13.5. The standard InChI is InChI=1S/C31H38F2N4O5S2/c1-43(39,40)37(44(2,41)42)21-30(35-13-9-23(10-14-35)28-20-34-29-6-4-3-5-27(28)29)24-11-15-36(16-12-24)31(38)8-7-22-17-25(32)19-26(33)18-22/h3-8,17-20,23-24,30,34H,9-16,21H2,1-2H3/b8-7+. The van der Waals surface area contributed by atoms with Gasteiger partial charge in [-0.1, -0.05) is 21.9 Å². The number of aromatic amines is 1. The van der Waals surface area contributed by atoms with Crippen molar-refractivity contribution in [3.63, 3.8) is 0 Å². The van der Waals surface area contributed by atoms with Crippen LogP contribution < -0.4 is 0 Å². The van der Waals surface area contributed by atoms with E-state index < -0.39 is 31.7 Å². The molecule has 2 aliphatic rings. The molecule has 1 unspecified atom stereocenters. The number of amides is 1. The highest BCUT2D eigenvalue weighted by Gasteiger charge is 2.39. The maximum absolute atomic E-state index is 13.5. The average molecular weight is 649 g/mol. The van der Waals surface area contributed by atoms with Crippen molar-refractivity contribution < 1.29 is 30.4 Å². The Bertz CT molecular complexity index is 1690. The molecular formula is C31H38F2N4O5S2. The summed E-state index contributed by atoms with van der Waals surface area (Å²) in [6.45, 7) is 1.97. The first-order chi connectivity index (χ1) is 20.8. The Hall–Kier alpha value is -3.13. The fourth-order valence-corrected chi connectivity index (χ4v) is 9.47. The van der Waals surface area contributed by atoms with Crippen LogP contribution in [0.2, 0.25) is 0 Å². The SMILES string of the molecule is CS(=O)(=O)N(CC(C1CCN(C(=O)/C=C/c2cc(F)cc(F)c2)CC1)N1CCC(c2c[nH]c3ccccc23)CC1)S(C)(=O)=O. The number of nitrogens with zero attached hydrogens (tertiary/aromatic N) is 3. The highest BCUT2D eigenvalue weighted by molar-refractivity contribution is 8.03. The first kappa shape index (κ1) is 32.3. The van der Waals surface area contributed by atoms with Crippen LogP contribution in [0.4, 0.5) is 8.78 Å². The van der Waals surface area contributed by atoms with Gasteiger partial charge in [0.1, 0.15) is 11.6 Å². The Morgan fingerprint density at radius 2 is 1.57 bits per heavy atom. The number of para-hydroxylation sites is 1. The molecule has 5 rings (SSSR count). The molecule has 44 heavy (non-hydrogen) atoms. The van der Waals surface area contributed by atoms with Gasteiger partial charge in [-0.25, -0.2) is 25.6 Å². The number of carbonyl (C=O) groups excluding carboxylic acids is 1. The number of sulfonamides is 2. The summed E-state index contributed by atoms with van der Waals surface area (Å²) in [5, 5.41) is 1.19. The molecule has 3 heterocycles. The van der Waals surface area contributed by atoms with Crippen LogP contribution in [0.3, 0.4) is 0 Å². The number of benzene rings is 2. The number of rotatable bonds is 9. The minimum Gasteiger partial charge on any atom is -0.361 e. The molecule has 1 atom stereocenters. The Labute approximate surface area is 257 Å².